The number of hydrogen-bond acceptors (Lipinski definition) is 4. The normalized spacial score (nSPS) is 11.1. The molecule has 0 aliphatic rings. The monoisotopic (exact) mass is 352 g/mol. The summed E-state index contributed by atoms with van der Waals surface area (Å²) in [6.07, 6.45) is 0. The number of nitrogens with two attached hydrogens (primary N) is 1. The zero-order valence-electron chi connectivity index (χ0n) is 13.2. The lowest BCUT2D eigenvalue weighted by Crippen LogP contribution is -2.17. The summed E-state index contributed by atoms with van der Waals surface area (Å²) in [5.41, 5.74) is 5.51. The van der Waals surface area contributed by atoms with Crippen molar-refractivity contribution in [2.45, 2.75) is 18.7 Å². The molecule has 2 aromatic carbocycles. The molecule has 0 saturated carbocycles. The summed E-state index contributed by atoms with van der Waals surface area (Å²) in [6.45, 7) is 3.48. The molecule has 3 N–H and O–H groups in total. The zero-order valence-corrected chi connectivity index (χ0v) is 14.0. The van der Waals surface area contributed by atoms with Gasteiger partial charge in [0, 0.05) is 5.56 Å². The number of anilines is 1. The largest absolute Gasteiger partial charge is 0.493 e. The average molecular weight is 352 g/mol. The lowest BCUT2D eigenvalue weighted by Gasteiger charge is -2.13. The standard InChI is InChI=1S/C16H17FN2O4S/c1-3-23-15-8-7-11(9-12(15)16(18)20)24(21,22)19-14-6-4-5-13(17)10(14)2/h4-9,19H,3H2,1-2H3,(H2,18,20). The number of hydrogen-bond donors (Lipinski definition) is 2. The van der Waals surface area contributed by atoms with Gasteiger partial charge >= 0.3 is 0 Å². The fraction of sp³-hybridized carbons (Fsp3) is 0.188. The number of sulfonamides is 1. The Kier molecular flexibility index (Phi) is 5.08. The lowest BCUT2D eigenvalue weighted by atomic mass is 10.2. The van der Waals surface area contributed by atoms with Crippen LogP contribution in [-0.2, 0) is 10.0 Å². The van der Waals surface area contributed by atoms with E-state index in [2.05, 4.69) is 4.72 Å². The van der Waals surface area contributed by atoms with Crippen LogP contribution < -0.4 is 15.2 Å². The van der Waals surface area contributed by atoms with Gasteiger partial charge in [-0.15, -0.1) is 0 Å². The smallest absolute Gasteiger partial charge is 0.261 e. The summed E-state index contributed by atoms with van der Waals surface area (Å²) in [4.78, 5) is 11.3. The Balaban J connectivity index is 2.44. The number of benzene rings is 2. The average Bonchev–Trinajstić information content (AvgIpc) is 2.52. The SMILES string of the molecule is CCOc1ccc(S(=O)(=O)Nc2cccc(F)c2C)cc1C(N)=O. The molecule has 2 rings (SSSR count). The van der Waals surface area contributed by atoms with Crippen molar-refractivity contribution >= 4 is 21.6 Å². The molecular formula is C16H17FN2O4S. The Morgan fingerprint density at radius 1 is 1.29 bits per heavy atom. The molecule has 0 atom stereocenters. The fourth-order valence-electron chi connectivity index (χ4n) is 2.07. The van der Waals surface area contributed by atoms with Crippen LogP contribution in [0.15, 0.2) is 41.3 Å². The molecule has 0 spiro atoms. The highest BCUT2D eigenvalue weighted by molar-refractivity contribution is 7.92. The number of carbonyl (C=O) groups excluding carboxylic acids is 1. The van der Waals surface area contributed by atoms with Crippen LogP contribution in [0.4, 0.5) is 10.1 Å². The summed E-state index contributed by atoms with van der Waals surface area (Å²) in [7, 11) is -4.02. The van der Waals surface area contributed by atoms with Gasteiger partial charge in [0.25, 0.3) is 15.9 Å². The van der Waals surface area contributed by atoms with E-state index in [1.165, 1.54) is 37.3 Å². The molecule has 6 nitrogen and oxygen atoms in total. The van der Waals surface area contributed by atoms with E-state index in [0.717, 1.165) is 6.07 Å². The van der Waals surface area contributed by atoms with Crippen molar-refractivity contribution < 1.29 is 22.3 Å². The molecule has 2 aromatic rings. The van der Waals surface area contributed by atoms with Crippen LogP contribution in [0.2, 0.25) is 0 Å². The third kappa shape index (κ3) is 3.65. The number of primary amides is 1. The molecule has 0 unspecified atom stereocenters. The molecule has 0 aliphatic carbocycles. The van der Waals surface area contributed by atoms with Gasteiger partial charge in [-0.25, -0.2) is 12.8 Å². The van der Waals surface area contributed by atoms with Gasteiger partial charge in [-0.1, -0.05) is 6.07 Å². The van der Waals surface area contributed by atoms with E-state index < -0.39 is 21.7 Å². The van der Waals surface area contributed by atoms with Gasteiger partial charge in [0.05, 0.1) is 22.8 Å². The second-order valence-corrected chi connectivity index (χ2v) is 6.66. The first-order valence-corrected chi connectivity index (χ1v) is 8.59. The minimum absolute atomic E-state index is 0.0457. The molecule has 0 saturated heterocycles. The van der Waals surface area contributed by atoms with E-state index in [0.29, 0.717) is 6.61 Å². The van der Waals surface area contributed by atoms with Crippen LogP contribution in [0.5, 0.6) is 5.75 Å². The Labute approximate surface area is 139 Å². The van der Waals surface area contributed by atoms with Crippen molar-refractivity contribution in [3.8, 4) is 5.75 Å². The summed E-state index contributed by atoms with van der Waals surface area (Å²) in [5, 5.41) is 0. The minimum atomic E-state index is -4.02. The van der Waals surface area contributed by atoms with E-state index in [1.54, 1.807) is 6.92 Å². The van der Waals surface area contributed by atoms with Gasteiger partial charge < -0.3 is 10.5 Å². The van der Waals surface area contributed by atoms with Crippen molar-refractivity contribution in [1.82, 2.24) is 0 Å². The molecule has 0 heterocycles. The van der Waals surface area contributed by atoms with Gasteiger partial charge in [-0.05, 0) is 44.2 Å². The second-order valence-electron chi connectivity index (χ2n) is 4.97. The van der Waals surface area contributed by atoms with Crippen molar-refractivity contribution in [1.29, 1.82) is 0 Å². The Morgan fingerprint density at radius 2 is 2.00 bits per heavy atom. The highest BCUT2D eigenvalue weighted by atomic mass is 32.2. The molecule has 128 valence electrons. The highest BCUT2D eigenvalue weighted by Crippen LogP contribution is 2.25. The molecule has 1 amide bonds. The summed E-state index contributed by atoms with van der Waals surface area (Å²) < 4.78 is 46.1. The van der Waals surface area contributed by atoms with Gasteiger partial charge in [-0.3, -0.25) is 9.52 Å². The maximum Gasteiger partial charge on any atom is 0.261 e. The predicted molar refractivity (Wildman–Crippen MR) is 88.1 cm³/mol. The quantitative estimate of drug-likeness (QED) is 0.834. The van der Waals surface area contributed by atoms with E-state index in [4.69, 9.17) is 10.5 Å². The number of amides is 1. The molecule has 8 heteroatoms. The molecule has 24 heavy (non-hydrogen) atoms. The van der Waals surface area contributed by atoms with Crippen LogP contribution in [0, 0.1) is 12.7 Å². The maximum atomic E-state index is 13.6. The Hall–Kier alpha value is -2.61. The number of ether oxygens (including phenoxy) is 1. The van der Waals surface area contributed by atoms with Gasteiger partial charge in [0.1, 0.15) is 11.6 Å². The summed E-state index contributed by atoms with van der Waals surface area (Å²) in [5.74, 6) is -1.14. The van der Waals surface area contributed by atoms with Crippen molar-refractivity contribution in [2.24, 2.45) is 5.73 Å². The first-order chi connectivity index (χ1) is 11.3. The highest BCUT2D eigenvalue weighted by Gasteiger charge is 2.20. The maximum absolute atomic E-state index is 13.6. The number of halogens is 1. The predicted octanol–water partition coefficient (Wildman–Crippen LogP) is 2.43. The van der Waals surface area contributed by atoms with Crippen molar-refractivity contribution in [3.05, 3.63) is 53.3 Å². The number of carbonyl (C=O) groups is 1. The second kappa shape index (κ2) is 6.88. The van der Waals surface area contributed by atoms with Crippen molar-refractivity contribution in [2.75, 3.05) is 11.3 Å². The summed E-state index contributed by atoms with van der Waals surface area (Å²) >= 11 is 0. The first kappa shape index (κ1) is 17.7. The Bertz CT molecular complexity index is 882. The Morgan fingerprint density at radius 3 is 2.62 bits per heavy atom. The van der Waals surface area contributed by atoms with Gasteiger partial charge in [0.2, 0.25) is 0 Å². The minimum Gasteiger partial charge on any atom is -0.493 e. The molecular weight excluding hydrogens is 335 g/mol. The molecule has 0 aliphatic heterocycles. The third-order valence-corrected chi connectivity index (χ3v) is 4.70. The van der Waals surface area contributed by atoms with E-state index in [-0.39, 0.29) is 27.5 Å². The summed E-state index contributed by atoms with van der Waals surface area (Å²) in [6, 6.07) is 7.84. The van der Waals surface area contributed by atoms with Gasteiger partial charge in [0.15, 0.2) is 0 Å². The number of rotatable bonds is 6. The first-order valence-electron chi connectivity index (χ1n) is 7.11. The molecule has 0 aromatic heterocycles. The van der Waals surface area contributed by atoms with E-state index in [9.17, 15) is 17.6 Å². The molecule has 0 bridgehead atoms. The fourth-order valence-corrected chi connectivity index (χ4v) is 3.22. The lowest BCUT2D eigenvalue weighted by molar-refractivity contribution is 0.0996. The van der Waals surface area contributed by atoms with Gasteiger partial charge in [-0.2, -0.15) is 0 Å². The zero-order chi connectivity index (χ0) is 17.9. The van der Waals surface area contributed by atoms with Crippen LogP contribution >= 0.6 is 0 Å². The van der Waals surface area contributed by atoms with Crippen LogP contribution in [0.3, 0.4) is 0 Å². The van der Waals surface area contributed by atoms with Crippen LogP contribution in [0.1, 0.15) is 22.8 Å². The molecule has 0 fully saturated rings. The van der Waals surface area contributed by atoms with Crippen LogP contribution in [-0.4, -0.2) is 20.9 Å². The third-order valence-electron chi connectivity index (χ3n) is 3.34. The van der Waals surface area contributed by atoms with Crippen molar-refractivity contribution in [3.63, 3.8) is 0 Å². The van der Waals surface area contributed by atoms with E-state index in [1.807, 2.05) is 0 Å². The van der Waals surface area contributed by atoms with Crippen LogP contribution in [0.25, 0.3) is 0 Å². The topological polar surface area (TPSA) is 98.5 Å². The molecule has 0 radical (unpaired) electrons. The van der Waals surface area contributed by atoms with E-state index >= 15 is 0 Å². The number of nitrogens with one attached hydrogen (secondary N) is 1.